The SMILES string of the molecule is CCCc1ccc(Nc2ccc([N+](=O)[O-])cc2N)cc1. The zero-order valence-corrected chi connectivity index (χ0v) is 11.3. The summed E-state index contributed by atoms with van der Waals surface area (Å²) in [6.07, 6.45) is 2.17. The third kappa shape index (κ3) is 3.26. The van der Waals surface area contributed by atoms with E-state index in [1.807, 2.05) is 12.1 Å². The Hall–Kier alpha value is -2.56. The van der Waals surface area contributed by atoms with Gasteiger partial charge in [-0.15, -0.1) is 0 Å². The van der Waals surface area contributed by atoms with Crippen molar-refractivity contribution >= 4 is 22.7 Å². The molecule has 5 heteroatoms. The summed E-state index contributed by atoms with van der Waals surface area (Å²) in [6, 6.07) is 12.5. The number of hydrogen-bond donors (Lipinski definition) is 2. The first-order valence-corrected chi connectivity index (χ1v) is 6.50. The summed E-state index contributed by atoms with van der Waals surface area (Å²) in [5, 5.41) is 13.8. The first-order valence-electron chi connectivity index (χ1n) is 6.50. The standard InChI is InChI=1S/C15H17N3O2/c1-2-3-11-4-6-12(7-5-11)17-15-9-8-13(18(19)20)10-14(15)16/h4-10,17H,2-3,16H2,1H3. The normalized spacial score (nSPS) is 10.2. The van der Waals surface area contributed by atoms with Gasteiger partial charge in [-0.1, -0.05) is 25.5 Å². The molecule has 0 atom stereocenters. The number of nitro benzene ring substituents is 1. The molecule has 2 aromatic rings. The number of nitrogens with two attached hydrogens (primary N) is 1. The summed E-state index contributed by atoms with van der Waals surface area (Å²) in [5.41, 5.74) is 9.03. The fourth-order valence-electron chi connectivity index (χ4n) is 1.98. The molecule has 2 aromatic carbocycles. The average Bonchev–Trinajstić information content (AvgIpc) is 2.43. The average molecular weight is 271 g/mol. The van der Waals surface area contributed by atoms with Crippen molar-refractivity contribution in [1.82, 2.24) is 0 Å². The van der Waals surface area contributed by atoms with E-state index in [2.05, 4.69) is 24.4 Å². The van der Waals surface area contributed by atoms with Crippen LogP contribution in [-0.4, -0.2) is 4.92 Å². The van der Waals surface area contributed by atoms with Crippen LogP contribution in [0.3, 0.4) is 0 Å². The summed E-state index contributed by atoms with van der Waals surface area (Å²) in [5.74, 6) is 0. The minimum absolute atomic E-state index is 0.00802. The lowest BCUT2D eigenvalue weighted by Crippen LogP contribution is -1.98. The smallest absolute Gasteiger partial charge is 0.271 e. The Labute approximate surface area is 117 Å². The van der Waals surface area contributed by atoms with Gasteiger partial charge in [0.05, 0.1) is 16.3 Å². The van der Waals surface area contributed by atoms with Crippen molar-refractivity contribution in [3.8, 4) is 0 Å². The molecule has 0 unspecified atom stereocenters. The third-order valence-corrected chi connectivity index (χ3v) is 3.02. The Morgan fingerprint density at radius 1 is 1.20 bits per heavy atom. The Kier molecular flexibility index (Phi) is 4.20. The Bertz CT molecular complexity index is 609. The molecule has 0 saturated heterocycles. The minimum Gasteiger partial charge on any atom is -0.397 e. The first kappa shape index (κ1) is 13.9. The van der Waals surface area contributed by atoms with Gasteiger partial charge in [0.15, 0.2) is 0 Å². The second-order valence-corrected chi connectivity index (χ2v) is 4.60. The van der Waals surface area contributed by atoms with Crippen molar-refractivity contribution in [3.63, 3.8) is 0 Å². The maximum absolute atomic E-state index is 10.7. The number of nitrogens with zero attached hydrogens (tertiary/aromatic N) is 1. The lowest BCUT2D eigenvalue weighted by Gasteiger charge is -2.09. The van der Waals surface area contributed by atoms with Crippen LogP contribution in [0.15, 0.2) is 42.5 Å². The van der Waals surface area contributed by atoms with Crippen LogP contribution >= 0.6 is 0 Å². The molecule has 0 radical (unpaired) electrons. The number of nitrogens with one attached hydrogen (secondary N) is 1. The lowest BCUT2D eigenvalue weighted by molar-refractivity contribution is -0.384. The van der Waals surface area contributed by atoms with Crippen molar-refractivity contribution in [2.45, 2.75) is 19.8 Å². The summed E-state index contributed by atoms with van der Waals surface area (Å²) in [4.78, 5) is 10.2. The van der Waals surface area contributed by atoms with Gasteiger partial charge >= 0.3 is 0 Å². The van der Waals surface area contributed by atoms with Gasteiger partial charge in [0.2, 0.25) is 0 Å². The van der Waals surface area contributed by atoms with E-state index in [0.29, 0.717) is 11.4 Å². The molecule has 0 aromatic heterocycles. The van der Waals surface area contributed by atoms with Crippen molar-refractivity contribution in [2.75, 3.05) is 11.1 Å². The summed E-state index contributed by atoms with van der Waals surface area (Å²) >= 11 is 0. The summed E-state index contributed by atoms with van der Waals surface area (Å²) in [7, 11) is 0. The number of rotatable bonds is 5. The molecule has 0 aliphatic heterocycles. The largest absolute Gasteiger partial charge is 0.397 e. The van der Waals surface area contributed by atoms with Gasteiger partial charge in [0.25, 0.3) is 5.69 Å². The fourth-order valence-corrected chi connectivity index (χ4v) is 1.98. The second kappa shape index (κ2) is 6.06. The molecule has 0 aliphatic rings. The van der Waals surface area contributed by atoms with E-state index < -0.39 is 4.92 Å². The molecule has 0 aliphatic carbocycles. The van der Waals surface area contributed by atoms with Gasteiger partial charge in [-0.25, -0.2) is 0 Å². The van der Waals surface area contributed by atoms with Gasteiger partial charge in [-0.05, 0) is 30.2 Å². The van der Waals surface area contributed by atoms with Crippen LogP contribution in [0, 0.1) is 10.1 Å². The molecule has 20 heavy (non-hydrogen) atoms. The number of anilines is 3. The van der Waals surface area contributed by atoms with E-state index in [4.69, 9.17) is 5.73 Å². The topological polar surface area (TPSA) is 81.2 Å². The van der Waals surface area contributed by atoms with E-state index >= 15 is 0 Å². The third-order valence-electron chi connectivity index (χ3n) is 3.02. The van der Waals surface area contributed by atoms with E-state index in [-0.39, 0.29) is 5.69 Å². The van der Waals surface area contributed by atoms with Crippen molar-refractivity contribution in [2.24, 2.45) is 0 Å². The predicted molar refractivity (Wildman–Crippen MR) is 81.2 cm³/mol. The van der Waals surface area contributed by atoms with Crippen LogP contribution in [-0.2, 0) is 6.42 Å². The Balaban J connectivity index is 2.15. The van der Waals surface area contributed by atoms with Crippen LogP contribution in [0.25, 0.3) is 0 Å². The quantitative estimate of drug-likeness (QED) is 0.491. The molecule has 0 heterocycles. The van der Waals surface area contributed by atoms with Crippen molar-refractivity contribution < 1.29 is 4.92 Å². The van der Waals surface area contributed by atoms with Gasteiger partial charge in [-0.2, -0.15) is 0 Å². The number of benzene rings is 2. The van der Waals surface area contributed by atoms with Crippen LogP contribution in [0.2, 0.25) is 0 Å². The van der Waals surface area contributed by atoms with Crippen molar-refractivity contribution in [3.05, 3.63) is 58.1 Å². The molecule has 5 nitrogen and oxygen atoms in total. The summed E-state index contributed by atoms with van der Waals surface area (Å²) < 4.78 is 0. The van der Waals surface area contributed by atoms with Gasteiger partial charge in [0, 0.05) is 17.8 Å². The highest BCUT2D eigenvalue weighted by atomic mass is 16.6. The summed E-state index contributed by atoms with van der Waals surface area (Å²) in [6.45, 7) is 2.14. The molecule has 0 amide bonds. The van der Waals surface area contributed by atoms with Crippen LogP contribution in [0.4, 0.5) is 22.7 Å². The monoisotopic (exact) mass is 271 g/mol. The molecule has 0 bridgehead atoms. The highest BCUT2D eigenvalue weighted by Gasteiger charge is 2.08. The molecular formula is C15H17N3O2. The number of hydrogen-bond acceptors (Lipinski definition) is 4. The zero-order chi connectivity index (χ0) is 14.5. The first-order chi connectivity index (χ1) is 9.60. The molecule has 104 valence electrons. The van der Waals surface area contributed by atoms with Gasteiger partial charge < -0.3 is 11.1 Å². The van der Waals surface area contributed by atoms with Crippen LogP contribution < -0.4 is 11.1 Å². The van der Waals surface area contributed by atoms with E-state index in [0.717, 1.165) is 18.5 Å². The molecule has 2 rings (SSSR count). The number of nitro groups is 1. The molecule has 0 saturated carbocycles. The minimum atomic E-state index is -0.459. The number of aryl methyl sites for hydroxylation is 1. The Morgan fingerprint density at radius 2 is 1.90 bits per heavy atom. The fraction of sp³-hybridized carbons (Fsp3) is 0.200. The van der Waals surface area contributed by atoms with Crippen molar-refractivity contribution in [1.29, 1.82) is 0 Å². The zero-order valence-electron chi connectivity index (χ0n) is 11.3. The molecule has 0 fully saturated rings. The maximum atomic E-state index is 10.7. The molecule has 3 N–H and O–H groups in total. The molecular weight excluding hydrogens is 254 g/mol. The van der Waals surface area contributed by atoms with E-state index in [1.54, 1.807) is 6.07 Å². The highest BCUT2D eigenvalue weighted by Crippen LogP contribution is 2.27. The Morgan fingerprint density at radius 3 is 2.45 bits per heavy atom. The number of non-ortho nitro benzene ring substituents is 1. The second-order valence-electron chi connectivity index (χ2n) is 4.60. The van der Waals surface area contributed by atoms with Crippen LogP contribution in [0.5, 0.6) is 0 Å². The highest BCUT2D eigenvalue weighted by molar-refractivity contribution is 5.74. The van der Waals surface area contributed by atoms with Gasteiger partial charge in [-0.3, -0.25) is 10.1 Å². The maximum Gasteiger partial charge on any atom is 0.271 e. The molecule has 0 spiro atoms. The van der Waals surface area contributed by atoms with Gasteiger partial charge in [0.1, 0.15) is 0 Å². The lowest BCUT2D eigenvalue weighted by atomic mass is 10.1. The van der Waals surface area contributed by atoms with E-state index in [1.165, 1.54) is 17.7 Å². The predicted octanol–water partition coefficient (Wildman–Crippen LogP) is 3.87. The number of nitrogen functional groups attached to an aromatic ring is 1. The van der Waals surface area contributed by atoms with Crippen LogP contribution in [0.1, 0.15) is 18.9 Å². The van der Waals surface area contributed by atoms with E-state index in [9.17, 15) is 10.1 Å².